The summed E-state index contributed by atoms with van der Waals surface area (Å²) in [7, 11) is 0. The molecule has 28 heavy (non-hydrogen) atoms. The number of imidazole rings is 1. The molecule has 2 amide bonds. The maximum atomic E-state index is 14.3. The maximum absolute atomic E-state index is 14.3. The first-order valence-electron chi connectivity index (χ1n) is 9.06. The molecule has 3 rings (SSSR count). The van der Waals surface area contributed by atoms with E-state index in [4.69, 9.17) is 0 Å². The second-order valence-corrected chi connectivity index (χ2v) is 6.43. The fraction of sp³-hybridized carbons (Fsp3) is 0.238. The van der Waals surface area contributed by atoms with Crippen LogP contribution >= 0.6 is 0 Å². The van der Waals surface area contributed by atoms with Crippen LogP contribution in [0.5, 0.6) is 0 Å². The van der Waals surface area contributed by atoms with Crippen molar-refractivity contribution in [3.63, 3.8) is 0 Å². The lowest BCUT2D eigenvalue weighted by Gasteiger charge is -2.28. The lowest BCUT2D eigenvalue weighted by molar-refractivity contribution is 0.182. The molecule has 2 aromatic carbocycles. The van der Waals surface area contributed by atoms with Crippen molar-refractivity contribution in [1.29, 1.82) is 0 Å². The first-order valence-corrected chi connectivity index (χ1v) is 9.06. The Morgan fingerprint density at radius 3 is 2.57 bits per heavy atom. The van der Waals surface area contributed by atoms with Gasteiger partial charge in [-0.25, -0.2) is 18.6 Å². The van der Waals surface area contributed by atoms with Crippen molar-refractivity contribution in [3.05, 3.63) is 83.9 Å². The number of benzene rings is 2. The van der Waals surface area contributed by atoms with Gasteiger partial charge in [-0.1, -0.05) is 18.2 Å². The molecule has 3 aromatic rings. The molecule has 0 radical (unpaired) electrons. The number of rotatable bonds is 6. The van der Waals surface area contributed by atoms with Gasteiger partial charge in [0.1, 0.15) is 11.6 Å². The molecule has 0 fully saturated rings. The van der Waals surface area contributed by atoms with Crippen molar-refractivity contribution in [2.75, 3.05) is 6.54 Å². The molecule has 0 saturated carbocycles. The number of nitrogens with zero attached hydrogens (tertiary/aromatic N) is 3. The van der Waals surface area contributed by atoms with Gasteiger partial charge in [0.05, 0.1) is 18.1 Å². The molecule has 1 unspecified atom stereocenters. The van der Waals surface area contributed by atoms with E-state index in [1.54, 1.807) is 46.1 Å². The molecule has 0 saturated heterocycles. The third-order valence-electron chi connectivity index (χ3n) is 4.66. The van der Waals surface area contributed by atoms with Crippen molar-refractivity contribution in [2.24, 2.45) is 0 Å². The Balaban J connectivity index is 1.65. The molecule has 1 aromatic heterocycles. The van der Waals surface area contributed by atoms with E-state index in [2.05, 4.69) is 10.3 Å². The van der Waals surface area contributed by atoms with Gasteiger partial charge in [-0.3, -0.25) is 0 Å². The first kappa shape index (κ1) is 19.5. The highest BCUT2D eigenvalue weighted by Crippen LogP contribution is 2.21. The number of carbonyl (C=O) groups excluding carboxylic acids is 1. The Hall–Kier alpha value is -3.22. The summed E-state index contributed by atoms with van der Waals surface area (Å²) in [5, 5.41) is 2.82. The number of halogens is 2. The minimum atomic E-state index is -0.392. The Labute approximate surface area is 162 Å². The van der Waals surface area contributed by atoms with E-state index in [1.807, 2.05) is 13.8 Å². The summed E-state index contributed by atoms with van der Waals surface area (Å²) in [6.45, 7) is 4.44. The van der Waals surface area contributed by atoms with Crippen LogP contribution in [0.4, 0.5) is 13.6 Å². The third-order valence-corrected chi connectivity index (χ3v) is 4.66. The molecule has 5 nitrogen and oxygen atoms in total. The van der Waals surface area contributed by atoms with Crippen LogP contribution < -0.4 is 5.32 Å². The topological polar surface area (TPSA) is 50.2 Å². The average molecular weight is 384 g/mol. The normalized spacial score (nSPS) is 11.9. The summed E-state index contributed by atoms with van der Waals surface area (Å²) in [6, 6.07) is 10.4. The zero-order valence-electron chi connectivity index (χ0n) is 15.8. The van der Waals surface area contributed by atoms with Crippen LogP contribution in [-0.4, -0.2) is 27.0 Å². The van der Waals surface area contributed by atoms with Crippen molar-refractivity contribution < 1.29 is 13.6 Å². The molecule has 1 N–H and O–H groups in total. The van der Waals surface area contributed by atoms with Gasteiger partial charge in [-0.05, 0) is 49.2 Å². The smallest absolute Gasteiger partial charge is 0.318 e. The summed E-state index contributed by atoms with van der Waals surface area (Å²) in [5.74, 6) is -0.707. The Morgan fingerprint density at radius 2 is 1.96 bits per heavy atom. The molecule has 146 valence electrons. The van der Waals surface area contributed by atoms with Crippen molar-refractivity contribution >= 4 is 6.03 Å². The predicted octanol–water partition coefficient (Wildman–Crippen LogP) is 4.44. The number of carbonyl (C=O) groups is 1. The third kappa shape index (κ3) is 4.36. The monoisotopic (exact) mass is 384 g/mol. The number of hydrogen-bond acceptors (Lipinski definition) is 2. The highest BCUT2D eigenvalue weighted by molar-refractivity contribution is 5.74. The average Bonchev–Trinajstić information content (AvgIpc) is 3.22. The molecule has 0 bridgehead atoms. The first-order chi connectivity index (χ1) is 13.5. The van der Waals surface area contributed by atoms with Crippen molar-refractivity contribution in [3.8, 4) is 5.69 Å². The Bertz CT molecular complexity index is 926. The van der Waals surface area contributed by atoms with E-state index in [0.29, 0.717) is 17.8 Å². The van der Waals surface area contributed by atoms with Crippen LogP contribution in [0.3, 0.4) is 0 Å². The standard InChI is InChI=1S/C21H22F2N4O/c1-3-27(15(2)17-5-7-18(22)8-6-17)21(28)25-13-16-4-9-20(19(23)12-16)26-11-10-24-14-26/h4-12,14-15H,3,13H2,1-2H3,(H,25,28). The zero-order valence-corrected chi connectivity index (χ0v) is 15.8. The van der Waals surface area contributed by atoms with Crippen LogP contribution in [-0.2, 0) is 6.54 Å². The van der Waals surface area contributed by atoms with Gasteiger partial charge in [0.25, 0.3) is 0 Å². The van der Waals surface area contributed by atoms with Gasteiger partial charge >= 0.3 is 6.03 Å². The highest BCUT2D eigenvalue weighted by Gasteiger charge is 2.20. The van der Waals surface area contributed by atoms with Gasteiger partial charge < -0.3 is 14.8 Å². The quantitative estimate of drug-likeness (QED) is 0.683. The molecule has 0 spiro atoms. The van der Waals surface area contributed by atoms with Gasteiger partial charge in [-0.2, -0.15) is 0 Å². The summed E-state index contributed by atoms with van der Waals surface area (Å²) in [5.41, 5.74) is 1.89. The number of aromatic nitrogens is 2. The Morgan fingerprint density at radius 1 is 1.21 bits per heavy atom. The SMILES string of the molecule is CCN(C(=O)NCc1ccc(-n2ccnc2)c(F)c1)C(C)c1ccc(F)cc1. The fourth-order valence-electron chi connectivity index (χ4n) is 3.07. The summed E-state index contributed by atoms with van der Waals surface area (Å²) in [6.07, 6.45) is 4.76. The van der Waals surface area contributed by atoms with Crippen molar-refractivity contribution in [1.82, 2.24) is 19.8 Å². The van der Waals surface area contributed by atoms with Crippen LogP contribution in [0.1, 0.15) is 31.0 Å². The number of nitrogens with one attached hydrogen (secondary N) is 1. The van der Waals surface area contributed by atoms with E-state index >= 15 is 0 Å². The summed E-state index contributed by atoms with van der Waals surface area (Å²) < 4.78 is 29.0. The van der Waals surface area contributed by atoms with Gasteiger partial charge in [0.2, 0.25) is 0 Å². The molecule has 0 aliphatic rings. The lowest BCUT2D eigenvalue weighted by atomic mass is 10.1. The number of hydrogen-bond donors (Lipinski definition) is 1. The summed E-state index contributed by atoms with van der Waals surface area (Å²) >= 11 is 0. The molecular weight excluding hydrogens is 362 g/mol. The molecule has 1 heterocycles. The molecule has 7 heteroatoms. The molecule has 1 atom stereocenters. The number of amides is 2. The van der Waals surface area contributed by atoms with Crippen LogP contribution in [0, 0.1) is 11.6 Å². The predicted molar refractivity (Wildman–Crippen MR) is 103 cm³/mol. The van der Waals surface area contributed by atoms with Gasteiger partial charge in [0.15, 0.2) is 0 Å². The highest BCUT2D eigenvalue weighted by atomic mass is 19.1. The van der Waals surface area contributed by atoms with Crippen LogP contribution in [0.25, 0.3) is 5.69 Å². The second-order valence-electron chi connectivity index (χ2n) is 6.43. The molecule has 0 aliphatic heterocycles. The second kappa shape index (κ2) is 8.65. The van der Waals surface area contributed by atoms with E-state index in [9.17, 15) is 13.6 Å². The number of urea groups is 1. The Kier molecular flexibility index (Phi) is 6.03. The molecule has 0 aliphatic carbocycles. The largest absolute Gasteiger partial charge is 0.334 e. The van der Waals surface area contributed by atoms with Crippen molar-refractivity contribution in [2.45, 2.75) is 26.4 Å². The van der Waals surface area contributed by atoms with E-state index < -0.39 is 5.82 Å². The van der Waals surface area contributed by atoms with Crippen LogP contribution in [0.15, 0.2) is 61.2 Å². The lowest BCUT2D eigenvalue weighted by Crippen LogP contribution is -2.41. The van der Waals surface area contributed by atoms with E-state index in [0.717, 1.165) is 5.56 Å². The van der Waals surface area contributed by atoms with Crippen LogP contribution in [0.2, 0.25) is 0 Å². The maximum Gasteiger partial charge on any atom is 0.318 e. The zero-order chi connectivity index (χ0) is 20.1. The minimum absolute atomic E-state index is 0.201. The van der Waals surface area contributed by atoms with E-state index in [1.165, 1.54) is 24.5 Å². The molecular formula is C21H22F2N4O. The van der Waals surface area contributed by atoms with E-state index in [-0.39, 0.29) is 24.4 Å². The fourth-order valence-corrected chi connectivity index (χ4v) is 3.07. The minimum Gasteiger partial charge on any atom is -0.334 e. The summed E-state index contributed by atoms with van der Waals surface area (Å²) in [4.78, 5) is 18.2. The van der Waals surface area contributed by atoms with Gasteiger partial charge in [0, 0.05) is 25.5 Å². The van der Waals surface area contributed by atoms with Gasteiger partial charge in [-0.15, -0.1) is 0 Å².